The van der Waals surface area contributed by atoms with E-state index in [4.69, 9.17) is 11.6 Å². The Balaban J connectivity index is 0.000000817. The third-order valence-corrected chi connectivity index (χ3v) is 4.29. The molecule has 0 saturated heterocycles. The topological polar surface area (TPSA) is 38.7 Å². The smallest absolute Gasteiger partial charge is 0.146 e. The number of nitrogens with zero attached hydrogens (tertiary/aromatic N) is 2. The molecule has 0 radical (unpaired) electrons. The van der Waals surface area contributed by atoms with Crippen LogP contribution in [0, 0.1) is 0 Å². The SMILES string of the molecule is C=CCN1c2ccc(Cl)cc2NN1c1cccc(C(C)(C)C)c1O.CCC. The summed E-state index contributed by atoms with van der Waals surface area (Å²) >= 11 is 6.11. The Morgan fingerprint density at radius 2 is 1.81 bits per heavy atom. The third-order valence-electron chi connectivity index (χ3n) is 4.06. The highest BCUT2D eigenvalue weighted by Crippen LogP contribution is 2.43. The van der Waals surface area contributed by atoms with Gasteiger partial charge in [-0.25, -0.2) is 0 Å². The van der Waals surface area contributed by atoms with Gasteiger partial charge in [-0.1, -0.05) is 70.8 Å². The molecule has 2 N–H and O–H groups in total. The zero-order valence-corrected chi connectivity index (χ0v) is 17.6. The first kappa shape index (κ1) is 21.0. The Morgan fingerprint density at radius 3 is 2.41 bits per heavy atom. The van der Waals surface area contributed by atoms with Gasteiger partial charge in [-0.3, -0.25) is 10.4 Å². The van der Waals surface area contributed by atoms with Gasteiger partial charge in [-0.05, 0) is 29.7 Å². The Morgan fingerprint density at radius 1 is 1.15 bits per heavy atom. The first-order valence-electron chi connectivity index (χ1n) is 9.31. The lowest BCUT2D eigenvalue weighted by atomic mass is 9.86. The van der Waals surface area contributed by atoms with Gasteiger partial charge in [0.2, 0.25) is 0 Å². The van der Waals surface area contributed by atoms with E-state index < -0.39 is 0 Å². The van der Waals surface area contributed by atoms with Crippen molar-refractivity contribution in [2.45, 2.75) is 46.5 Å². The van der Waals surface area contributed by atoms with Crippen LogP contribution in [0.4, 0.5) is 17.1 Å². The molecule has 2 aromatic carbocycles. The summed E-state index contributed by atoms with van der Waals surface area (Å²) in [5.74, 6) is 0.269. The minimum Gasteiger partial charge on any atom is -0.505 e. The second kappa shape index (κ2) is 8.57. The summed E-state index contributed by atoms with van der Waals surface area (Å²) in [4.78, 5) is 0. The van der Waals surface area contributed by atoms with Crippen LogP contribution >= 0.6 is 11.6 Å². The van der Waals surface area contributed by atoms with E-state index in [-0.39, 0.29) is 11.2 Å². The second-order valence-electron chi connectivity index (χ2n) is 7.59. The molecule has 1 aliphatic heterocycles. The van der Waals surface area contributed by atoms with E-state index in [9.17, 15) is 5.11 Å². The molecule has 146 valence electrons. The minimum atomic E-state index is -0.154. The third kappa shape index (κ3) is 4.51. The van der Waals surface area contributed by atoms with Crippen molar-refractivity contribution in [3.8, 4) is 5.75 Å². The van der Waals surface area contributed by atoms with E-state index >= 15 is 0 Å². The molecule has 1 aliphatic rings. The first-order chi connectivity index (χ1) is 12.7. The highest BCUT2D eigenvalue weighted by molar-refractivity contribution is 6.31. The fraction of sp³-hybridized carbons (Fsp3) is 0.364. The predicted octanol–water partition coefficient (Wildman–Crippen LogP) is 6.51. The van der Waals surface area contributed by atoms with E-state index in [1.165, 1.54) is 6.42 Å². The summed E-state index contributed by atoms with van der Waals surface area (Å²) < 4.78 is 0. The van der Waals surface area contributed by atoms with E-state index in [1.807, 2.05) is 52.6 Å². The first-order valence-corrected chi connectivity index (χ1v) is 9.69. The van der Waals surface area contributed by atoms with Crippen molar-refractivity contribution in [1.82, 2.24) is 0 Å². The summed E-state index contributed by atoms with van der Waals surface area (Å²) in [6.45, 7) is 14.9. The highest BCUT2D eigenvalue weighted by Gasteiger charge is 2.30. The van der Waals surface area contributed by atoms with Crippen LogP contribution in [-0.2, 0) is 5.41 Å². The molecule has 5 heteroatoms. The number of hydrazine groups is 2. The highest BCUT2D eigenvalue weighted by atomic mass is 35.5. The molecule has 3 rings (SSSR count). The number of hydrogen-bond donors (Lipinski definition) is 2. The molecular formula is C22H30ClN3O. The predicted molar refractivity (Wildman–Crippen MR) is 118 cm³/mol. The molecule has 0 saturated carbocycles. The molecule has 2 aromatic rings. The number of halogens is 1. The number of aromatic hydroxyl groups is 1. The van der Waals surface area contributed by atoms with Gasteiger partial charge in [-0.15, -0.1) is 6.58 Å². The van der Waals surface area contributed by atoms with Crippen molar-refractivity contribution in [1.29, 1.82) is 0 Å². The summed E-state index contributed by atoms with van der Waals surface area (Å²) in [5, 5.41) is 15.4. The summed E-state index contributed by atoms with van der Waals surface area (Å²) in [6.07, 6.45) is 3.07. The summed E-state index contributed by atoms with van der Waals surface area (Å²) in [6, 6.07) is 11.5. The zero-order chi connectivity index (χ0) is 20.2. The number of para-hydroxylation sites is 1. The monoisotopic (exact) mass is 387 g/mol. The fourth-order valence-corrected chi connectivity index (χ4v) is 3.08. The maximum atomic E-state index is 10.8. The Kier molecular flexibility index (Phi) is 6.66. The van der Waals surface area contributed by atoms with Crippen LogP contribution in [0.1, 0.15) is 46.6 Å². The van der Waals surface area contributed by atoms with Crippen LogP contribution in [0.2, 0.25) is 5.02 Å². The number of benzene rings is 2. The van der Waals surface area contributed by atoms with Crippen molar-refractivity contribution < 1.29 is 5.11 Å². The normalized spacial score (nSPS) is 12.8. The van der Waals surface area contributed by atoms with Crippen molar-refractivity contribution in [3.63, 3.8) is 0 Å². The summed E-state index contributed by atoms with van der Waals surface area (Å²) in [5.41, 5.74) is 6.63. The zero-order valence-electron chi connectivity index (χ0n) is 16.9. The fourth-order valence-electron chi connectivity index (χ4n) is 2.91. The Hall–Kier alpha value is -2.33. The molecule has 0 amide bonds. The number of hydrogen-bond acceptors (Lipinski definition) is 4. The molecule has 0 atom stereocenters. The van der Waals surface area contributed by atoms with Crippen LogP contribution in [0.3, 0.4) is 0 Å². The van der Waals surface area contributed by atoms with Crippen molar-refractivity contribution in [3.05, 3.63) is 59.6 Å². The minimum absolute atomic E-state index is 0.154. The van der Waals surface area contributed by atoms with Gasteiger partial charge < -0.3 is 5.11 Å². The molecule has 0 spiro atoms. The molecule has 4 nitrogen and oxygen atoms in total. The van der Waals surface area contributed by atoms with Gasteiger partial charge in [0, 0.05) is 10.6 Å². The van der Waals surface area contributed by atoms with E-state index in [1.54, 1.807) is 0 Å². The number of fused-ring (bicyclic) bond motifs is 1. The van der Waals surface area contributed by atoms with Gasteiger partial charge in [0.1, 0.15) is 11.4 Å². The van der Waals surface area contributed by atoms with Gasteiger partial charge in [-0.2, -0.15) is 5.12 Å². The second-order valence-corrected chi connectivity index (χ2v) is 8.02. The van der Waals surface area contributed by atoms with Crippen molar-refractivity contribution in [2.75, 3.05) is 22.1 Å². The number of phenolic OH excluding ortho intramolecular Hbond substituents is 1. The van der Waals surface area contributed by atoms with Crippen LogP contribution in [-0.4, -0.2) is 11.7 Å². The number of rotatable bonds is 3. The summed E-state index contributed by atoms with van der Waals surface area (Å²) in [7, 11) is 0. The van der Waals surface area contributed by atoms with E-state index in [2.05, 4.69) is 46.6 Å². The van der Waals surface area contributed by atoms with Crippen molar-refractivity contribution in [2.24, 2.45) is 0 Å². The van der Waals surface area contributed by atoms with Crippen molar-refractivity contribution >= 4 is 28.7 Å². The standard InChI is InChI=1S/C19H22ClN3O.C3H8/c1-5-11-22-16-10-9-13(20)12-15(16)21-23(22)17-8-6-7-14(18(17)24)19(2,3)4;1-3-2/h5-10,12,21,24H,1,11H2,2-4H3;3H2,1-2H3. The van der Waals surface area contributed by atoms with Gasteiger partial charge in [0.25, 0.3) is 0 Å². The van der Waals surface area contributed by atoms with E-state index in [0.29, 0.717) is 17.3 Å². The number of phenols is 1. The molecule has 0 bridgehead atoms. The van der Waals surface area contributed by atoms with E-state index in [0.717, 1.165) is 16.9 Å². The van der Waals surface area contributed by atoms with Gasteiger partial charge in [0.05, 0.1) is 17.9 Å². The number of nitrogens with one attached hydrogen (secondary N) is 1. The molecule has 27 heavy (non-hydrogen) atoms. The largest absolute Gasteiger partial charge is 0.505 e. The van der Waals surface area contributed by atoms with Crippen LogP contribution in [0.5, 0.6) is 5.75 Å². The molecular weight excluding hydrogens is 358 g/mol. The van der Waals surface area contributed by atoms with Crippen LogP contribution in [0.15, 0.2) is 49.1 Å². The van der Waals surface area contributed by atoms with Gasteiger partial charge in [0.15, 0.2) is 0 Å². The number of anilines is 3. The molecule has 0 unspecified atom stereocenters. The maximum Gasteiger partial charge on any atom is 0.146 e. The lowest BCUT2D eigenvalue weighted by molar-refractivity contribution is 0.446. The quantitative estimate of drug-likeness (QED) is 0.588. The molecule has 0 aromatic heterocycles. The molecule has 0 fully saturated rings. The molecule has 0 aliphatic carbocycles. The average molecular weight is 388 g/mol. The maximum absolute atomic E-state index is 10.8. The Labute approximate surface area is 168 Å². The molecule has 1 heterocycles. The average Bonchev–Trinajstić information content (AvgIpc) is 2.92. The Bertz CT molecular complexity index is 799. The van der Waals surface area contributed by atoms with Crippen LogP contribution in [0.25, 0.3) is 0 Å². The van der Waals surface area contributed by atoms with Gasteiger partial charge >= 0.3 is 0 Å². The lowest BCUT2D eigenvalue weighted by Crippen LogP contribution is -2.42. The lowest BCUT2D eigenvalue weighted by Gasteiger charge is -2.32. The van der Waals surface area contributed by atoms with Crippen LogP contribution < -0.4 is 15.6 Å².